The first kappa shape index (κ1) is 23.9. The van der Waals surface area contributed by atoms with E-state index in [0.717, 1.165) is 29.7 Å². The van der Waals surface area contributed by atoms with Crippen molar-refractivity contribution in [3.63, 3.8) is 0 Å². The number of nitrogens with zero attached hydrogens (tertiary/aromatic N) is 5. The van der Waals surface area contributed by atoms with Gasteiger partial charge in [-0.1, -0.05) is 24.3 Å². The molecule has 0 amide bonds. The summed E-state index contributed by atoms with van der Waals surface area (Å²) in [7, 11) is 0. The number of aliphatic carboxylic acids is 1. The molecule has 0 aliphatic heterocycles. The number of benzene rings is 1. The Morgan fingerprint density at radius 1 is 1.18 bits per heavy atom. The van der Waals surface area contributed by atoms with E-state index in [-0.39, 0.29) is 12.5 Å². The second kappa shape index (κ2) is 10.8. The molecule has 4 N–H and O–H groups in total. The Bertz CT molecular complexity index is 1130. The third-order valence-electron chi connectivity index (χ3n) is 6.26. The van der Waals surface area contributed by atoms with Crippen LogP contribution in [0.4, 0.5) is 0 Å². The Kier molecular flexibility index (Phi) is 7.61. The summed E-state index contributed by atoms with van der Waals surface area (Å²) in [5, 5.41) is 45.0. The predicted molar refractivity (Wildman–Crippen MR) is 123 cm³/mol. The molecule has 1 aliphatic rings. The topological polar surface area (TPSA) is 146 Å². The Balaban J connectivity index is 1.40. The summed E-state index contributed by atoms with van der Waals surface area (Å²) in [6, 6.07) is 11.1. The number of tetrazole rings is 1. The minimum Gasteiger partial charge on any atom is -0.481 e. The van der Waals surface area contributed by atoms with Crippen LogP contribution >= 0.6 is 0 Å². The summed E-state index contributed by atoms with van der Waals surface area (Å²) in [5.74, 6) is -0.164. The van der Waals surface area contributed by atoms with E-state index >= 15 is 0 Å². The summed E-state index contributed by atoms with van der Waals surface area (Å²) in [5.41, 5.74) is 3.65. The zero-order valence-corrected chi connectivity index (χ0v) is 19.1. The second-order valence-electron chi connectivity index (χ2n) is 8.91. The Morgan fingerprint density at radius 2 is 1.94 bits per heavy atom. The number of rotatable bonds is 9. The van der Waals surface area contributed by atoms with Gasteiger partial charge >= 0.3 is 5.97 Å². The van der Waals surface area contributed by atoms with Gasteiger partial charge in [-0.2, -0.15) is 4.80 Å². The summed E-state index contributed by atoms with van der Waals surface area (Å²) >= 11 is 0. The predicted octanol–water partition coefficient (Wildman–Crippen LogP) is 2.21. The van der Waals surface area contributed by atoms with Gasteiger partial charge in [0.2, 0.25) is 5.82 Å². The number of hydrogen-bond acceptors (Lipinski definition) is 8. The van der Waals surface area contributed by atoms with Crippen LogP contribution in [0.1, 0.15) is 54.4 Å². The lowest BCUT2D eigenvalue weighted by molar-refractivity contribution is -0.143. The molecule has 180 valence electrons. The van der Waals surface area contributed by atoms with Crippen molar-refractivity contribution in [1.29, 1.82) is 0 Å². The highest BCUT2D eigenvalue weighted by atomic mass is 16.4. The van der Waals surface area contributed by atoms with Crippen LogP contribution in [0.25, 0.3) is 11.4 Å². The lowest BCUT2D eigenvalue weighted by Crippen LogP contribution is -2.24. The fourth-order valence-electron chi connectivity index (χ4n) is 4.38. The molecule has 10 heteroatoms. The summed E-state index contributed by atoms with van der Waals surface area (Å²) in [6.07, 6.45) is 2.06. The van der Waals surface area contributed by atoms with Crippen molar-refractivity contribution >= 4 is 5.97 Å². The third-order valence-corrected chi connectivity index (χ3v) is 6.26. The molecule has 1 aromatic carbocycles. The molecule has 1 aliphatic carbocycles. The standard InChI is InChI=1S/C24H30N6O4/c1-15-9-20(11-21(26-15)23(32)25-12-17-3-2-4-18(10-17)14-31)22-27-29-30(28-22)13-16-5-7-19(8-6-16)24(33)34/h2-4,9-11,16,19,23,25,31-32H,5-8,12-14H2,1H3,(H,33,34). The number of carboxylic acids is 1. The smallest absolute Gasteiger partial charge is 0.306 e. The number of pyridine rings is 1. The van der Waals surface area contributed by atoms with Gasteiger partial charge < -0.3 is 15.3 Å². The summed E-state index contributed by atoms with van der Waals surface area (Å²) < 4.78 is 0. The first-order valence-electron chi connectivity index (χ1n) is 11.5. The van der Waals surface area contributed by atoms with Gasteiger partial charge in [0.15, 0.2) is 0 Å². The molecular weight excluding hydrogens is 436 g/mol. The fourth-order valence-corrected chi connectivity index (χ4v) is 4.38. The SMILES string of the molecule is Cc1cc(-c2nnn(CC3CCC(C(=O)O)CC3)n2)cc(C(O)NCc2cccc(CO)c2)n1. The van der Waals surface area contributed by atoms with E-state index in [4.69, 9.17) is 5.11 Å². The summed E-state index contributed by atoms with van der Waals surface area (Å²) in [6.45, 7) is 2.83. The van der Waals surface area contributed by atoms with Crippen LogP contribution in [0, 0.1) is 18.8 Å². The molecule has 34 heavy (non-hydrogen) atoms. The molecule has 0 spiro atoms. The number of aliphatic hydroxyl groups excluding tert-OH is 2. The number of carbonyl (C=O) groups is 1. The van der Waals surface area contributed by atoms with Gasteiger partial charge in [0.1, 0.15) is 6.23 Å². The molecule has 0 saturated heterocycles. The van der Waals surface area contributed by atoms with E-state index in [1.807, 2.05) is 37.3 Å². The Morgan fingerprint density at radius 3 is 2.68 bits per heavy atom. The molecule has 2 aromatic heterocycles. The van der Waals surface area contributed by atoms with E-state index in [1.165, 1.54) is 0 Å². The van der Waals surface area contributed by atoms with Gasteiger partial charge in [-0.25, -0.2) is 0 Å². The largest absolute Gasteiger partial charge is 0.481 e. The number of aliphatic hydroxyl groups is 2. The average Bonchev–Trinajstić information content (AvgIpc) is 3.31. The van der Waals surface area contributed by atoms with Crippen LogP contribution in [0.15, 0.2) is 36.4 Å². The lowest BCUT2D eigenvalue weighted by atomic mass is 9.82. The van der Waals surface area contributed by atoms with Crippen molar-refractivity contribution < 1.29 is 20.1 Å². The second-order valence-corrected chi connectivity index (χ2v) is 8.91. The highest BCUT2D eigenvalue weighted by molar-refractivity contribution is 5.70. The Labute approximate surface area is 197 Å². The zero-order chi connectivity index (χ0) is 24.1. The minimum atomic E-state index is -0.990. The van der Waals surface area contributed by atoms with Crippen molar-refractivity contribution in [3.05, 3.63) is 58.9 Å². The van der Waals surface area contributed by atoms with Gasteiger partial charge in [0.05, 0.1) is 24.8 Å². The zero-order valence-electron chi connectivity index (χ0n) is 19.1. The molecule has 10 nitrogen and oxygen atoms in total. The monoisotopic (exact) mass is 466 g/mol. The minimum absolute atomic E-state index is 0.0313. The molecule has 1 atom stereocenters. The fraction of sp³-hybridized carbons (Fsp3) is 0.458. The number of hydrogen-bond donors (Lipinski definition) is 4. The van der Waals surface area contributed by atoms with Crippen LogP contribution in [-0.2, 0) is 24.5 Å². The van der Waals surface area contributed by atoms with Gasteiger partial charge in [0, 0.05) is 17.8 Å². The van der Waals surface area contributed by atoms with Gasteiger partial charge in [-0.15, -0.1) is 10.2 Å². The van der Waals surface area contributed by atoms with E-state index < -0.39 is 12.2 Å². The Hall–Kier alpha value is -3.21. The third kappa shape index (κ3) is 6.02. The number of aryl methyl sites for hydroxylation is 1. The van der Waals surface area contributed by atoms with Gasteiger partial charge in [-0.3, -0.25) is 15.1 Å². The van der Waals surface area contributed by atoms with E-state index in [9.17, 15) is 15.0 Å². The molecule has 1 fully saturated rings. The van der Waals surface area contributed by atoms with E-state index in [1.54, 1.807) is 10.9 Å². The molecule has 1 saturated carbocycles. The maximum Gasteiger partial charge on any atom is 0.306 e. The molecule has 0 bridgehead atoms. The molecular formula is C24H30N6O4. The van der Waals surface area contributed by atoms with Crippen molar-refractivity contribution in [2.45, 2.75) is 58.5 Å². The van der Waals surface area contributed by atoms with Crippen molar-refractivity contribution in [3.8, 4) is 11.4 Å². The first-order chi connectivity index (χ1) is 16.4. The lowest BCUT2D eigenvalue weighted by Gasteiger charge is -2.25. The van der Waals surface area contributed by atoms with Gasteiger partial charge in [0.25, 0.3) is 0 Å². The summed E-state index contributed by atoms with van der Waals surface area (Å²) in [4.78, 5) is 17.2. The normalized spacial score (nSPS) is 19.1. The van der Waals surface area contributed by atoms with E-state index in [2.05, 4.69) is 25.7 Å². The van der Waals surface area contributed by atoms with Crippen LogP contribution < -0.4 is 5.32 Å². The quantitative estimate of drug-likeness (QED) is 0.349. The van der Waals surface area contributed by atoms with Crippen LogP contribution in [0.2, 0.25) is 0 Å². The molecule has 3 aromatic rings. The molecule has 0 radical (unpaired) electrons. The average molecular weight is 467 g/mol. The van der Waals surface area contributed by atoms with Gasteiger partial charge in [-0.05, 0) is 67.0 Å². The highest BCUT2D eigenvalue weighted by Crippen LogP contribution is 2.30. The first-order valence-corrected chi connectivity index (χ1v) is 11.5. The van der Waals surface area contributed by atoms with E-state index in [0.29, 0.717) is 48.9 Å². The van der Waals surface area contributed by atoms with Crippen molar-refractivity contribution in [2.75, 3.05) is 0 Å². The maximum atomic E-state index is 11.1. The van der Waals surface area contributed by atoms with Crippen molar-refractivity contribution in [2.24, 2.45) is 11.8 Å². The number of aromatic nitrogens is 5. The molecule has 2 heterocycles. The van der Waals surface area contributed by atoms with Crippen molar-refractivity contribution in [1.82, 2.24) is 30.5 Å². The highest BCUT2D eigenvalue weighted by Gasteiger charge is 2.26. The van der Waals surface area contributed by atoms with Crippen LogP contribution in [0.5, 0.6) is 0 Å². The molecule has 4 rings (SSSR count). The number of carboxylic acid groups (broad SMARTS) is 1. The number of nitrogens with one attached hydrogen (secondary N) is 1. The van der Waals surface area contributed by atoms with Crippen LogP contribution in [-0.4, -0.2) is 46.5 Å². The molecule has 1 unspecified atom stereocenters. The maximum absolute atomic E-state index is 11.1. The van der Waals surface area contributed by atoms with Crippen LogP contribution in [0.3, 0.4) is 0 Å².